The summed E-state index contributed by atoms with van der Waals surface area (Å²) in [5.74, 6) is 0. The number of aliphatic hydroxyl groups is 1. The molecular weight excluding hydrogens is 320 g/mol. The highest BCUT2D eigenvalue weighted by Crippen LogP contribution is 2.35. The van der Waals surface area contributed by atoms with Crippen LogP contribution in [-0.4, -0.2) is 33.7 Å². The van der Waals surface area contributed by atoms with Crippen LogP contribution < -0.4 is 0 Å². The molecule has 2 rings (SSSR count). The van der Waals surface area contributed by atoms with Gasteiger partial charge in [0.15, 0.2) is 0 Å². The van der Waals surface area contributed by atoms with Crippen molar-refractivity contribution < 1.29 is 9.84 Å². The van der Waals surface area contributed by atoms with Crippen LogP contribution >= 0.6 is 15.9 Å². The lowest BCUT2D eigenvalue weighted by Crippen LogP contribution is -2.39. The van der Waals surface area contributed by atoms with E-state index in [9.17, 15) is 5.11 Å². The maximum Gasteiger partial charge on any atom is 0.0766 e. The second-order valence-corrected chi connectivity index (χ2v) is 6.51. The fourth-order valence-corrected chi connectivity index (χ4v) is 3.74. The number of hydrogen-bond acceptors (Lipinski definition) is 3. The van der Waals surface area contributed by atoms with Gasteiger partial charge in [0.05, 0.1) is 27.6 Å². The SMILES string of the molecule is CCc1nn(CC)c(CC2(O)CCC(OC)CC2)c1Br. The Morgan fingerprint density at radius 3 is 2.55 bits per heavy atom. The third-order valence-electron chi connectivity index (χ3n) is 4.39. The summed E-state index contributed by atoms with van der Waals surface area (Å²) in [6.07, 6.45) is 5.36. The van der Waals surface area contributed by atoms with Crippen LogP contribution in [-0.2, 0) is 24.1 Å². The van der Waals surface area contributed by atoms with Crippen molar-refractivity contribution in [3.63, 3.8) is 0 Å². The molecule has 0 saturated heterocycles. The van der Waals surface area contributed by atoms with Gasteiger partial charge in [-0.1, -0.05) is 6.92 Å². The van der Waals surface area contributed by atoms with Gasteiger partial charge in [-0.3, -0.25) is 4.68 Å². The topological polar surface area (TPSA) is 47.3 Å². The van der Waals surface area contributed by atoms with Crippen molar-refractivity contribution in [1.82, 2.24) is 9.78 Å². The smallest absolute Gasteiger partial charge is 0.0766 e. The van der Waals surface area contributed by atoms with Crippen LogP contribution in [0.15, 0.2) is 4.47 Å². The molecule has 0 amide bonds. The molecule has 114 valence electrons. The monoisotopic (exact) mass is 344 g/mol. The maximum atomic E-state index is 10.8. The lowest BCUT2D eigenvalue weighted by molar-refractivity contribution is -0.0438. The van der Waals surface area contributed by atoms with E-state index in [-0.39, 0.29) is 0 Å². The van der Waals surface area contributed by atoms with Gasteiger partial charge in [-0.25, -0.2) is 0 Å². The van der Waals surface area contributed by atoms with Crippen LogP contribution in [0.1, 0.15) is 50.9 Å². The van der Waals surface area contributed by atoms with Gasteiger partial charge in [-0.05, 0) is 55.0 Å². The van der Waals surface area contributed by atoms with Crippen LogP contribution in [0.4, 0.5) is 0 Å². The zero-order valence-corrected chi connectivity index (χ0v) is 14.2. The average Bonchev–Trinajstić information content (AvgIpc) is 2.76. The zero-order valence-electron chi connectivity index (χ0n) is 12.7. The summed E-state index contributed by atoms with van der Waals surface area (Å²) in [5.41, 5.74) is 1.59. The van der Waals surface area contributed by atoms with Gasteiger partial charge >= 0.3 is 0 Å². The third-order valence-corrected chi connectivity index (χ3v) is 5.30. The molecule has 0 radical (unpaired) electrons. The summed E-state index contributed by atoms with van der Waals surface area (Å²) in [5, 5.41) is 15.5. The van der Waals surface area contributed by atoms with Gasteiger partial charge in [-0.2, -0.15) is 5.10 Å². The Bertz CT molecular complexity index is 451. The largest absolute Gasteiger partial charge is 0.389 e. The average molecular weight is 345 g/mol. The standard InChI is InChI=1S/C15H25BrN2O2/c1-4-12-14(16)13(18(5-2)17-12)10-15(19)8-6-11(20-3)7-9-15/h11,19H,4-10H2,1-3H3. The Morgan fingerprint density at radius 1 is 1.40 bits per heavy atom. The first-order valence-electron chi connectivity index (χ1n) is 7.52. The molecule has 1 aliphatic rings. The fourth-order valence-electron chi connectivity index (χ4n) is 3.04. The minimum atomic E-state index is -0.616. The predicted molar refractivity (Wildman–Crippen MR) is 82.9 cm³/mol. The van der Waals surface area contributed by atoms with Gasteiger partial charge in [-0.15, -0.1) is 0 Å². The molecule has 20 heavy (non-hydrogen) atoms. The minimum absolute atomic E-state index is 0.306. The predicted octanol–water partition coefficient (Wildman–Crippen LogP) is 3.09. The molecule has 1 saturated carbocycles. The molecule has 1 aromatic rings. The number of rotatable bonds is 5. The molecule has 1 aromatic heterocycles. The zero-order chi connectivity index (χ0) is 14.8. The van der Waals surface area contributed by atoms with Gasteiger partial charge in [0, 0.05) is 20.1 Å². The molecule has 0 spiro atoms. The van der Waals surface area contributed by atoms with E-state index in [1.165, 1.54) is 0 Å². The molecule has 1 N–H and O–H groups in total. The first-order chi connectivity index (χ1) is 9.53. The number of aryl methyl sites for hydroxylation is 2. The molecule has 0 unspecified atom stereocenters. The quantitative estimate of drug-likeness (QED) is 0.892. The van der Waals surface area contributed by atoms with Crippen molar-refractivity contribution in [2.24, 2.45) is 0 Å². The van der Waals surface area contributed by atoms with Crippen LogP contribution in [0.25, 0.3) is 0 Å². The van der Waals surface area contributed by atoms with E-state index in [4.69, 9.17) is 4.74 Å². The molecule has 1 heterocycles. The second-order valence-electron chi connectivity index (χ2n) is 5.71. The molecular formula is C15H25BrN2O2. The highest BCUT2D eigenvalue weighted by Gasteiger charge is 2.35. The van der Waals surface area contributed by atoms with Crippen molar-refractivity contribution >= 4 is 15.9 Å². The van der Waals surface area contributed by atoms with E-state index in [0.717, 1.165) is 54.5 Å². The molecule has 1 fully saturated rings. The lowest BCUT2D eigenvalue weighted by Gasteiger charge is -2.35. The van der Waals surface area contributed by atoms with Crippen molar-refractivity contribution in [3.05, 3.63) is 15.9 Å². The summed E-state index contributed by atoms with van der Waals surface area (Å²) >= 11 is 3.66. The lowest BCUT2D eigenvalue weighted by atomic mass is 9.80. The van der Waals surface area contributed by atoms with Gasteiger partial charge in [0.2, 0.25) is 0 Å². The number of aromatic nitrogens is 2. The second kappa shape index (κ2) is 6.58. The number of hydrogen-bond donors (Lipinski definition) is 1. The van der Waals surface area contributed by atoms with Crippen molar-refractivity contribution in [1.29, 1.82) is 0 Å². The normalized spacial score (nSPS) is 26.9. The summed E-state index contributed by atoms with van der Waals surface area (Å²) in [6.45, 7) is 5.04. The molecule has 0 atom stereocenters. The van der Waals surface area contributed by atoms with Crippen LogP contribution in [0, 0.1) is 0 Å². The third kappa shape index (κ3) is 3.26. The number of nitrogens with zero attached hydrogens (tertiary/aromatic N) is 2. The molecule has 0 aromatic carbocycles. The fraction of sp³-hybridized carbons (Fsp3) is 0.800. The Hall–Kier alpha value is -0.390. The Morgan fingerprint density at radius 2 is 2.05 bits per heavy atom. The van der Waals surface area contributed by atoms with Gasteiger partial charge in [0.1, 0.15) is 0 Å². The first-order valence-corrected chi connectivity index (χ1v) is 8.31. The molecule has 0 bridgehead atoms. The summed E-state index contributed by atoms with van der Waals surface area (Å²) < 4.78 is 8.48. The number of ether oxygens (including phenoxy) is 1. The summed E-state index contributed by atoms with van der Waals surface area (Å²) in [4.78, 5) is 0. The van der Waals surface area contributed by atoms with Crippen molar-refractivity contribution in [3.8, 4) is 0 Å². The highest BCUT2D eigenvalue weighted by molar-refractivity contribution is 9.10. The van der Waals surface area contributed by atoms with E-state index in [0.29, 0.717) is 12.5 Å². The van der Waals surface area contributed by atoms with Crippen LogP contribution in [0.2, 0.25) is 0 Å². The first kappa shape index (κ1) is 16.0. The van der Waals surface area contributed by atoms with Gasteiger partial charge in [0.25, 0.3) is 0 Å². The number of halogens is 1. The van der Waals surface area contributed by atoms with Crippen molar-refractivity contribution in [2.45, 2.75) is 70.6 Å². The molecule has 1 aliphatic carbocycles. The Balaban J connectivity index is 2.15. The molecule has 5 heteroatoms. The Kier molecular flexibility index (Phi) is 5.26. The molecule has 0 aliphatic heterocycles. The van der Waals surface area contributed by atoms with E-state index in [1.54, 1.807) is 7.11 Å². The summed E-state index contributed by atoms with van der Waals surface area (Å²) in [7, 11) is 1.76. The summed E-state index contributed by atoms with van der Waals surface area (Å²) in [6, 6.07) is 0. The van der Waals surface area contributed by atoms with E-state index < -0.39 is 5.60 Å². The Labute approximate surface area is 129 Å². The van der Waals surface area contributed by atoms with Crippen molar-refractivity contribution in [2.75, 3.05) is 7.11 Å². The maximum absolute atomic E-state index is 10.8. The molecule has 4 nitrogen and oxygen atoms in total. The van der Waals surface area contributed by atoms with Crippen LogP contribution in [0.5, 0.6) is 0 Å². The van der Waals surface area contributed by atoms with E-state index in [1.807, 2.05) is 4.68 Å². The van der Waals surface area contributed by atoms with E-state index in [2.05, 4.69) is 34.9 Å². The highest BCUT2D eigenvalue weighted by atomic mass is 79.9. The van der Waals surface area contributed by atoms with Crippen LogP contribution in [0.3, 0.4) is 0 Å². The van der Waals surface area contributed by atoms with E-state index >= 15 is 0 Å². The minimum Gasteiger partial charge on any atom is -0.389 e. The van der Waals surface area contributed by atoms with Gasteiger partial charge < -0.3 is 9.84 Å². The number of methoxy groups -OCH3 is 1.